The maximum atomic E-state index is 2.43. The van der Waals surface area contributed by atoms with E-state index in [1.54, 1.807) is 0 Å². The van der Waals surface area contributed by atoms with Crippen LogP contribution in [-0.2, 0) is 0 Å². The molecule has 1 heteroatoms. The lowest BCUT2D eigenvalue weighted by atomic mass is 10.0. The molecule has 1 atom stereocenters. The van der Waals surface area contributed by atoms with Crippen LogP contribution in [0.5, 0.6) is 0 Å². The first-order valence-corrected chi connectivity index (χ1v) is 13.8. The minimum atomic E-state index is -0.664. The highest BCUT2D eigenvalue weighted by Gasteiger charge is 2.24. The van der Waals surface area contributed by atoms with Gasteiger partial charge in [0, 0.05) is 5.66 Å². The predicted molar refractivity (Wildman–Crippen MR) is 159 cm³/mol. The fourth-order valence-electron chi connectivity index (χ4n) is 4.90. The summed E-state index contributed by atoms with van der Waals surface area (Å²) < 4.78 is 0. The molecule has 0 nitrogen and oxygen atoms in total. The lowest BCUT2D eigenvalue weighted by Crippen LogP contribution is -2.16. The average Bonchev–Trinajstić information content (AvgIpc) is 2.96. The maximum absolute atomic E-state index is 2.43. The van der Waals surface area contributed by atoms with Crippen LogP contribution >= 0.6 is 7.92 Å². The van der Waals surface area contributed by atoms with Crippen molar-refractivity contribution >= 4 is 46.2 Å². The van der Waals surface area contributed by atoms with Crippen LogP contribution in [0.15, 0.2) is 152 Å². The third-order valence-corrected chi connectivity index (χ3v) is 9.44. The Hall–Kier alpha value is -3.99. The Morgan fingerprint density at radius 1 is 0.444 bits per heavy atom. The Morgan fingerprint density at radius 3 is 1.56 bits per heavy atom. The lowest BCUT2D eigenvalue weighted by molar-refractivity contribution is 1.23. The second kappa shape index (κ2) is 10.3. The van der Waals surface area contributed by atoms with Gasteiger partial charge in [-0.2, -0.15) is 0 Å². The molecule has 6 rings (SSSR count). The Balaban J connectivity index is 1.51. The molecular formula is C35H27P. The molecule has 6 aromatic carbocycles. The molecule has 1 unspecified atom stereocenters. The van der Waals surface area contributed by atoms with Crippen LogP contribution in [0.3, 0.4) is 0 Å². The zero-order valence-electron chi connectivity index (χ0n) is 20.0. The zero-order chi connectivity index (χ0) is 24.2. The Morgan fingerprint density at radius 2 is 0.944 bits per heavy atom. The second-order valence-electron chi connectivity index (χ2n) is 9.06. The van der Waals surface area contributed by atoms with Gasteiger partial charge in [-0.3, -0.25) is 0 Å². The zero-order valence-corrected chi connectivity index (χ0v) is 20.9. The van der Waals surface area contributed by atoms with Gasteiger partial charge in [0.2, 0.25) is 0 Å². The number of hydrogen-bond acceptors (Lipinski definition) is 0. The standard InChI is InChI=1S/C35H27P/c1-3-15-33(16-4-1)36(34-17-5-2-6-18-34)35(32-23-22-29-12-8-10-14-31(29)26-32)24-20-27-19-21-28-11-7-9-13-30(28)25-27/h1-26,35H. The molecule has 0 saturated heterocycles. The van der Waals surface area contributed by atoms with Crippen molar-refractivity contribution in [2.24, 2.45) is 0 Å². The van der Waals surface area contributed by atoms with Gasteiger partial charge in [0.25, 0.3) is 0 Å². The summed E-state index contributed by atoms with van der Waals surface area (Å²) in [5, 5.41) is 7.89. The first kappa shape index (κ1) is 22.5. The van der Waals surface area contributed by atoms with Crippen molar-refractivity contribution in [1.82, 2.24) is 0 Å². The third kappa shape index (κ3) is 4.74. The van der Waals surface area contributed by atoms with Gasteiger partial charge in [0.15, 0.2) is 0 Å². The van der Waals surface area contributed by atoms with Crippen molar-refractivity contribution in [2.75, 3.05) is 0 Å². The van der Waals surface area contributed by atoms with Crippen molar-refractivity contribution in [3.05, 3.63) is 163 Å². The van der Waals surface area contributed by atoms with Crippen LogP contribution in [0.1, 0.15) is 16.8 Å². The minimum Gasteiger partial charge on any atom is -0.0715 e. The largest absolute Gasteiger partial charge is 0.0715 e. The first-order valence-electron chi connectivity index (χ1n) is 12.4. The van der Waals surface area contributed by atoms with E-state index in [4.69, 9.17) is 0 Å². The average molecular weight is 479 g/mol. The fourth-order valence-corrected chi connectivity index (χ4v) is 7.54. The summed E-state index contributed by atoms with van der Waals surface area (Å²) >= 11 is 0. The number of benzene rings is 6. The number of allylic oxidation sites excluding steroid dienone is 1. The summed E-state index contributed by atoms with van der Waals surface area (Å²) in [7, 11) is -0.664. The van der Waals surface area contributed by atoms with Crippen molar-refractivity contribution < 1.29 is 0 Å². The van der Waals surface area contributed by atoms with Crippen LogP contribution < -0.4 is 10.6 Å². The van der Waals surface area contributed by atoms with Crippen molar-refractivity contribution in [2.45, 2.75) is 5.66 Å². The van der Waals surface area contributed by atoms with Gasteiger partial charge in [-0.25, -0.2) is 0 Å². The summed E-state index contributed by atoms with van der Waals surface area (Å²) in [5.74, 6) is 0. The second-order valence-corrected chi connectivity index (χ2v) is 11.4. The highest BCUT2D eigenvalue weighted by Crippen LogP contribution is 2.51. The highest BCUT2D eigenvalue weighted by molar-refractivity contribution is 7.73. The molecule has 0 aliphatic rings. The van der Waals surface area contributed by atoms with Crippen molar-refractivity contribution in [3.8, 4) is 0 Å². The summed E-state index contributed by atoms with van der Waals surface area (Å²) in [4.78, 5) is 0. The molecule has 36 heavy (non-hydrogen) atoms. The number of rotatable bonds is 6. The molecule has 0 spiro atoms. The fraction of sp³-hybridized carbons (Fsp3) is 0.0286. The summed E-state index contributed by atoms with van der Waals surface area (Å²) in [6, 6.07) is 52.9. The van der Waals surface area contributed by atoms with Gasteiger partial charge < -0.3 is 0 Å². The van der Waals surface area contributed by atoms with Crippen molar-refractivity contribution in [1.29, 1.82) is 0 Å². The van der Waals surface area contributed by atoms with Gasteiger partial charge in [-0.15, -0.1) is 0 Å². The number of fused-ring (bicyclic) bond motifs is 2. The first-order chi connectivity index (χ1) is 17.8. The summed E-state index contributed by atoms with van der Waals surface area (Å²) in [6.45, 7) is 0. The smallest absolute Gasteiger partial charge is 0.0305 e. The molecule has 6 aromatic rings. The van der Waals surface area contributed by atoms with E-state index in [0.717, 1.165) is 0 Å². The molecule has 0 N–H and O–H groups in total. The van der Waals surface area contributed by atoms with Crippen LogP contribution in [-0.4, -0.2) is 0 Å². The molecular weight excluding hydrogens is 451 g/mol. The van der Waals surface area contributed by atoms with Gasteiger partial charge in [-0.05, 0) is 57.3 Å². The minimum absolute atomic E-state index is 0.237. The van der Waals surface area contributed by atoms with Crippen LogP contribution in [0, 0.1) is 0 Å². The van der Waals surface area contributed by atoms with Gasteiger partial charge in [0.05, 0.1) is 0 Å². The molecule has 0 radical (unpaired) electrons. The van der Waals surface area contributed by atoms with Crippen LogP contribution in [0.2, 0.25) is 0 Å². The molecule has 0 aliphatic heterocycles. The topological polar surface area (TPSA) is 0 Å². The Labute approximate surface area is 214 Å². The normalized spacial score (nSPS) is 12.5. The van der Waals surface area contributed by atoms with Gasteiger partial charge in [0.1, 0.15) is 0 Å². The van der Waals surface area contributed by atoms with E-state index in [9.17, 15) is 0 Å². The molecule has 0 bridgehead atoms. The molecule has 0 amide bonds. The van der Waals surface area contributed by atoms with E-state index in [1.165, 1.54) is 43.3 Å². The molecule has 0 heterocycles. The van der Waals surface area contributed by atoms with Gasteiger partial charge >= 0.3 is 0 Å². The highest BCUT2D eigenvalue weighted by atomic mass is 31.1. The predicted octanol–water partition coefficient (Wildman–Crippen LogP) is 8.88. The van der Waals surface area contributed by atoms with E-state index in [0.29, 0.717) is 0 Å². The monoisotopic (exact) mass is 478 g/mol. The van der Waals surface area contributed by atoms with Crippen molar-refractivity contribution in [3.63, 3.8) is 0 Å². The SMILES string of the molecule is C(=CC(c1ccc2ccccc2c1)P(c1ccccc1)c1ccccc1)c1ccc2ccccc2c1. The summed E-state index contributed by atoms with van der Waals surface area (Å²) in [5.41, 5.74) is 2.82. The quantitative estimate of drug-likeness (QED) is 0.210. The van der Waals surface area contributed by atoms with Crippen LogP contribution in [0.25, 0.3) is 27.6 Å². The van der Waals surface area contributed by atoms with E-state index in [-0.39, 0.29) is 5.66 Å². The Kier molecular flexibility index (Phi) is 6.44. The van der Waals surface area contributed by atoms with E-state index < -0.39 is 7.92 Å². The van der Waals surface area contributed by atoms with Gasteiger partial charge in [-0.1, -0.05) is 152 Å². The maximum Gasteiger partial charge on any atom is 0.0305 e. The van der Waals surface area contributed by atoms with E-state index in [2.05, 4.69) is 158 Å². The molecule has 172 valence electrons. The van der Waals surface area contributed by atoms with E-state index >= 15 is 0 Å². The third-order valence-electron chi connectivity index (χ3n) is 6.71. The lowest BCUT2D eigenvalue weighted by Gasteiger charge is -2.27. The van der Waals surface area contributed by atoms with Crippen LogP contribution in [0.4, 0.5) is 0 Å². The summed E-state index contributed by atoms with van der Waals surface area (Å²) in [6.07, 6.45) is 4.74. The molecule has 0 aromatic heterocycles. The molecule has 0 fully saturated rings. The number of hydrogen-bond donors (Lipinski definition) is 0. The Bertz CT molecular complexity index is 1590. The molecule has 0 aliphatic carbocycles. The van der Waals surface area contributed by atoms with E-state index in [1.807, 2.05) is 0 Å². The molecule has 0 saturated carbocycles.